The summed E-state index contributed by atoms with van der Waals surface area (Å²) in [6, 6.07) is 6.20. The molecule has 0 aliphatic heterocycles. The Morgan fingerprint density at radius 2 is 1.86 bits per heavy atom. The second-order valence-electron chi connectivity index (χ2n) is 3.38. The van der Waals surface area contributed by atoms with Crippen molar-refractivity contribution in [3.8, 4) is 0 Å². The maximum Gasteiger partial charge on any atom is 0.123 e. The van der Waals surface area contributed by atoms with Crippen LogP contribution >= 0.6 is 0 Å². The second-order valence-corrected chi connectivity index (χ2v) is 3.38. The van der Waals surface area contributed by atoms with Gasteiger partial charge in [0, 0.05) is 12.6 Å². The molecule has 0 unspecified atom stereocenters. The van der Waals surface area contributed by atoms with Gasteiger partial charge in [0.1, 0.15) is 5.82 Å². The molecule has 0 amide bonds. The van der Waals surface area contributed by atoms with Crippen LogP contribution in [0.15, 0.2) is 24.3 Å². The molecule has 0 saturated heterocycles. The number of unbranched alkanes of at least 4 members (excludes halogenated alkanes) is 1. The topological polar surface area (TPSA) is 46.2 Å². The molecule has 3 heteroatoms. The van der Waals surface area contributed by atoms with Crippen molar-refractivity contribution >= 4 is 0 Å². The average Bonchev–Trinajstić information content (AvgIpc) is 2.19. The summed E-state index contributed by atoms with van der Waals surface area (Å²) >= 11 is 0. The van der Waals surface area contributed by atoms with E-state index in [2.05, 4.69) is 0 Å². The molecule has 0 saturated carbocycles. The quantitative estimate of drug-likeness (QED) is 0.709. The van der Waals surface area contributed by atoms with Crippen molar-refractivity contribution in [2.75, 3.05) is 6.61 Å². The van der Waals surface area contributed by atoms with Crippen LogP contribution in [0.1, 0.15) is 30.9 Å². The van der Waals surface area contributed by atoms with E-state index in [0.717, 1.165) is 24.8 Å². The van der Waals surface area contributed by atoms with Crippen molar-refractivity contribution in [2.24, 2.45) is 5.73 Å². The maximum absolute atomic E-state index is 12.6. The zero-order chi connectivity index (χ0) is 10.4. The fraction of sp³-hybridized carbons (Fsp3) is 0.455. The van der Waals surface area contributed by atoms with Gasteiger partial charge in [-0.1, -0.05) is 12.1 Å². The second kappa shape index (κ2) is 5.73. The Balaban J connectivity index is 2.43. The largest absolute Gasteiger partial charge is 0.396 e. The number of halogens is 1. The zero-order valence-corrected chi connectivity index (χ0v) is 8.12. The lowest BCUT2D eigenvalue weighted by molar-refractivity contribution is 0.281. The predicted molar refractivity (Wildman–Crippen MR) is 54.3 cm³/mol. The first kappa shape index (κ1) is 11.1. The van der Waals surface area contributed by atoms with Crippen molar-refractivity contribution in [3.05, 3.63) is 35.6 Å². The molecule has 0 aliphatic rings. The van der Waals surface area contributed by atoms with Crippen LogP contribution in [0.25, 0.3) is 0 Å². The number of hydrogen-bond donors (Lipinski definition) is 2. The van der Waals surface area contributed by atoms with Crippen LogP contribution in [0.4, 0.5) is 4.39 Å². The summed E-state index contributed by atoms with van der Waals surface area (Å²) in [4.78, 5) is 0. The molecule has 3 N–H and O–H groups in total. The Kier molecular flexibility index (Phi) is 4.56. The lowest BCUT2D eigenvalue weighted by Gasteiger charge is -2.11. The lowest BCUT2D eigenvalue weighted by atomic mass is 10.0. The third-order valence-electron chi connectivity index (χ3n) is 2.22. The summed E-state index contributed by atoms with van der Waals surface area (Å²) in [5.41, 5.74) is 6.83. The van der Waals surface area contributed by atoms with E-state index in [0.29, 0.717) is 0 Å². The van der Waals surface area contributed by atoms with Crippen LogP contribution in [-0.2, 0) is 0 Å². The van der Waals surface area contributed by atoms with Gasteiger partial charge in [-0.3, -0.25) is 0 Å². The third kappa shape index (κ3) is 3.44. The fourth-order valence-corrected chi connectivity index (χ4v) is 1.35. The highest BCUT2D eigenvalue weighted by Gasteiger charge is 2.04. The normalized spacial score (nSPS) is 12.8. The van der Waals surface area contributed by atoms with Gasteiger partial charge in [-0.2, -0.15) is 0 Å². The molecule has 2 nitrogen and oxygen atoms in total. The molecular formula is C11H16FNO. The lowest BCUT2D eigenvalue weighted by Crippen LogP contribution is -2.10. The molecule has 0 bridgehead atoms. The van der Waals surface area contributed by atoms with Crippen LogP contribution in [0, 0.1) is 5.82 Å². The summed E-state index contributed by atoms with van der Waals surface area (Å²) in [7, 11) is 0. The van der Waals surface area contributed by atoms with E-state index in [-0.39, 0.29) is 18.5 Å². The van der Waals surface area contributed by atoms with Crippen molar-refractivity contribution in [2.45, 2.75) is 25.3 Å². The van der Waals surface area contributed by atoms with Gasteiger partial charge in [0.2, 0.25) is 0 Å². The van der Waals surface area contributed by atoms with Crippen LogP contribution in [0.5, 0.6) is 0 Å². The van der Waals surface area contributed by atoms with Crippen molar-refractivity contribution in [1.29, 1.82) is 0 Å². The van der Waals surface area contributed by atoms with Gasteiger partial charge in [0.05, 0.1) is 0 Å². The maximum atomic E-state index is 12.6. The van der Waals surface area contributed by atoms with Gasteiger partial charge in [0.15, 0.2) is 0 Å². The van der Waals surface area contributed by atoms with Gasteiger partial charge in [-0.25, -0.2) is 4.39 Å². The van der Waals surface area contributed by atoms with E-state index >= 15 is 0 Å². The van der Waals surface area contributed by atoms with Gasteiger partial charge in [0.25, 0.3) is 0 Å². The molecule has 1 atom stereocenters. The highest BCUT2D eigenvalue weighted by Crippen LogP contribution is 2.16. The molecular weight excluding hydrogens is 181 g/mol. The van der Waals surface area contributed by atoms with Crippen LogP contribution in [0.3, 0.4) is 0 Å². The summed E-state index contributed by atoms with van der Waals surface area (Å²) in [5.74, 6) is -0.240. The van der Waals surface area contributed by atoms with Gasteiger partial charge < -0.3 is 10.8 Å². The van der Waals surface area contributed by atoms with Crippen LogP contribution < -0.4 is 5.73 Å². The molecule has 0 aliphatic carbocycles. The molecule has 1 aromatic rings. The predicted octanol–water partition coefficient (Wildman–Crippen LogP) is 1.99. The van der Waals surface area contributed by atoms with Crippen LogP contribution in [0.2, 0.25) is 0 Å². The smallest absolute Gasteiger partial charge is 0.123 e. The standard InChI is InChI=1S/C11H16FNO/c12-10-6-4-9(5-7-10)11(13)3-1-2-8-14/h4-7,11,14H,1-3,8,13H2/t11-/m1/s1. The number of hydrogen-bond acceptors (Lipinski definition) is 2. The number of rotatable bonds is 5. The Labute approximate surface area is 83.6 Å². The molecule has 0 fully saturated rings. The molecule has 14 heavy (non-hydrogen) atoms. The minimum Gasteiger partial charge on any atom is -0.396 e. The van der Waals surface area contributed by atoms with E-state index in [9.17, 15) is 4.39 Å². The SMILES string of the molecule is N[C@H](CCCCO)c1ccc(F)cc1. The number of aliphatic hydroxyl groups excluding tert-OH is 1. The molecule has 0 spiro atoms. The Hall–Kier alpha value is -0.930. The fourth-order valence-electron chi connectivity index (χ4n) is 1.35. The Bertz CT molecular complexity index is 260. The van der Waals surface area contributed by atoms with Gasteiger partial charge in [-0.05, 0) is 37.0 Å². The first-order valence-electron chi connectivity index (χ1n) is 4.86. The average molecular weight is 197 g/mol. The van der Waals surface area contributed by atoms with Gasteiger partial charge >= 0.3 is 0 Å². The third-order valence-corrected chi connectivity index (χ3v) is 2.22. The summed E-state index contributed by atoms with van der Waals surface area (Å²) in [5, 5.41) is 8.60. The van der Waals surface area contributed by atoms with Crippen molar-refractivity contribution < 1.29 is 9.50 Å². The molecule has 1 aromatic carbocycles. The number of aliphatic hydroxyl groups is 1. The number of nitrogens with two attached hydrogens (primary N) is 1. The Morgan fingerprint density at radius 1 is 1.21 bits per heavy atom. The zero-order valence-electron chi connectivity index (χ0n) is 8.12. The molecule has 78 valence electrons. The van der Waals surface area contributed by atoms with Crippen molar-refractivity contribution in [3.63, 3.8) is 0 Å². The monoisotopic (exact) mass is 197 g/mol. The summed E-state index contributed by atoms with van der Waals surface area (Å²) in [6.07, 6.45) is 2.50. The van der Waals surface area contributed by atoms with E-state index < -0.39 is 0 Å². The molecule has 1 rings (SSSR count). The first-order valence-corrected chi connectivity index (χ1v) is 4.86. The van der Waals surface area contributed by atoms with E-state index in [1.165, 1.54) is 12.1 Å². The highest BCUT2D eigenvalue weighted by atomic mass is 19.1. The molecule has 0 heterocycles. The Morgan fingerprint density at radius 3 is 2.43 bits per heavy atom. The van der Waals surface area contributed by atoms with Crippen molar-refractivity contribution in [1.82, 2.24) is 0 Å². The summed E-state index contributed by atoms with van der Waals surface area (Å²) < 4.78 is 12.6. The van der Waals surface area contributed by atoms with E-state index in [1.807, 2.05) is 0 Å². The number of benzene rings is 1. The summed E-state index contributed by atoms with van der Waals surface area (Å²) in [6.45, 7) is 0.205. The molecule has 0 aromatic heterocycles. The van der Waals surface area contributed by atoms with Gasteiger partial charge in [-0.15, -0.1) is 0 Å². The van der Waals surface area contributed by atoms with E-state index in [4.69, 9.17) is 10.8 Å². The molecule has 0 radical (unpaired) electrons. The minimum absolute atomic E-state index is 0.0536. The van der Waals surface area contributed by atoms with Crippen LogP contribution in [-0.4, -0.2) is 11.7 Å². The minimum atomic E-state index is -0.240. The van der Waals surface area contributed by atoms with E-state index in [1.54, 1.807) is 12.1 Å². The first-order chi connectivity index (χ1) is 6.74. The highest BCUT2D eigenvalue weighted by molar-refractivity contribution is 5.19.